The van der Waals surface area contributed by atoms with Gasteiger partial charge in [0.05, 0.1) is 0 Å². The number of hydrogen-bond acceptors (Lipinski definition) is 4. The molecule has 4 heteroatoms. The van der Waals surface area contributed by atoms with Gasteiger partial charge in [0, 0.05) is 57.4 Å². The quantitative estimate of drug-likeness (QED) is 0.741. The average molecular weight is 278 g/mol. The Hall–Kier alpha value is -0.160. The van der Waals surface area contributed by atoms with Crippen molar-refractivity contribution in [3.8, 4) is 0 Å². The van der Waals surface area contributed by atoms with Crippen LogP contribution in [0.1, 0.15) is 19.8 Å². The summed E-state index contributed by atoms with van der Waals surface area (Å²) in [5.41, 5.74) is 0. The Labute approximate surface area is 123 Å². The van der Waals surface area contributed by atoms with Crippen molar-refractivity contribution in [1.82, 2.24) is 19.6 Å². The summed E-state index contributed by atoms with van der Waals surface area (Å²) in [4.78, 5) is 10.6. The van der Waals surface area contributed by atoms with Crippen LogP contribution in [-0.4, -0.2) is 97.1 Å². The molecule has 4 heterocycles. The molecule has 4 nitrogen and oxygen atoms in total. The van der Waals surface area contributed by atoms with E-state index in [0.717, 1.165) is 24.0 Å². The summed E-state index contributed by atoms with van der Waals surface area (Å²) in [7, 11) is 2.23. The molecule has 4 saturated heterocycles. The zero-order valence-electron chi connectivity index (χ0n) is 13.2. The second-order valence-corrected chi connectivity index (χ2v) is 7.81. The maximum atomic E-state index is 2.76. The van der Waals surface area contributed by atoms with Crippen molar-refractivity contribution in [1.29, 1.82) is 0 Å². The first-order valence-corrected chi connectivity index (χ1v) is 8.59. The fourth-order valence-electron chi connectivity index (χ4n) is 4.32. The fraction of sp³-hybridized carbons (Fsp3) is 1.00. The van der Waals surface area contributed by atoms with Crippen molar-refractivity contribution in [2.45, 2.75) is 37.9 Å². The third-order valence-electron chi connectivity index (χ3n) is 6.19. The number of rotatable bonds is 3. The van der Waals surface area contributed by atoms with E-state index in [2.05, 4.69) is 33.6 Å². The van der Waals surface area contributed by atoms with Gasteiger partial charge in [-0.1, -0.05) is 6.92 Å². The minimum absolute atomic E-state index is 0.872. The molecule has 0 aromatic heterocycles. The molecule has 4 rings (SSSR count). The summed E-state index contributed by atoms with van der Waals surface area (Å²) in [5, 5.41) is 0. The fourth-order valence-corrected chi connectivity index (χ4v) is 4.32. The predicted molar refractivity (Wildman–Crippen MR) is 82.0 cm³/mol. The van der Waals surface area contributed by atoms with Crippen LogP contribution in [0.2, 0.25) is 0 Å². The maximum Gasteiger partial charge on any atom is 0.0352 e. The van der Waals surface area contributed by atoms with E-state index < -0.39 is 0 Å². The van der Waals surface area contributed by atoms with Crippen LogP contribution in [0.3, 0.4) is 0 Å². The molecule has 0 spiro atoms. The van der Waals surface area contributed by atoms with Crippen LogP contribution in [0.25, 0.3) is 0 Å². The standard InChI is InChI=1S/C16H30N4/c1-13-3-5-18(6-4-13)15-9-20(10-15)16-11-19(12-16)14-7-17(2)8-14/h13-16H,3-12H2,1-2H3. The second kappa shape index (κ2) is 5.24. The van der Waals surface area contributed by atoms with E-state index in [1.165, 1.54) is 65.2 Å². The van der Waals surface area contributed by atoms with Crippen LogP contribution in [-0.2, 0) is 0 Å². The van der Waals surface area contributed by atoms with Gasteiger partial charge in [0.2, 0.25) is 0 Å². The van der Waals surface area contributed by atoms with Crippen LogP contribution >= 0.6 is 0 Å². The highest BCUT2D eigenvalue weighted by Crippen LogP contribution is 2.29. The van der Waals surface area contributed by atoms with E-state index >= 15 is 0 Å². The van der Waals surface area contributed by atoms with E-state index in [4.69, 9.17) is 0 Å². The normalized spacial score (nSPS) is 33.9. The average Bonchev–Trinajstić information content (AvgIpc) is 2.29. The molecular weight excluding hydrogens is 248 g/mol. The molecule has 0 radical (unpaired) electrons. The minimum atomic E-state index is 0.872. The van der Waals surface area contributed by atoms with E-state index in [9.17, 15) is 0 Å². The van der Waals surface area contributed by atoms with E-state index in [-0.39, 0.29) is 0 Å². The summed E-state index contributed by atoms with van der Waals surface area (Å²) < 4.78 is 0. The number of nitrogens with zero attached hydrogens (tertiary/aromatic N) is 4. The van der Waals surface area contributed by atoms with Gasteiger partial charge in [-0.25, -0.2) is 0 Å². The molecule has 0 N–H and O–H groups in total. The number of likely N-dealkylation sites (tertiary alicyclic amines) is 4. The van der Waals surface area contributed by atoms with Crippen LogP contribution in [0.4, 0.5) is 0 Å². The molecule has 114 valence electrons. The zero-order chi connectivity index (χ0) is 13.7. The van der Waals surface area contributed by atoms with Gasteiger partial charge >= 0.3 is 0 Å². The highest BCUT2D eigenvalue weighted by Gasteiger charge is 2.44. The minimum Gasteiger partial charge on any atom is -0.303 e. The van der Waals surface area contributed by atoms with Crippen LogP contribution < -0.4 is 0 Å². The highest BCUT2D eigenvalue weighted by atomic mass is 15.4. The largest absolute Gasteiger partial charge is 0.303 e. The molecule has 0 bridgehead atoms. The molecule has 0 atom stereocenters. The first kappa shape index (κ1) is 13.5. The third kappa shape index (κ3) is 2.41. The molecule has 0 saturated carbocycles. The molecule has 4 aliphatic heterocycles. The monoisotopic (exact) mass is 278 g/mol. The van der Waals surface area contributed by atoms with Crippen molar-refractivity contribution in [2.24, 2.45) is 5.92 Å². The lowest BCUT2D eigenvalue weighted by atomic mass is 9.92. The van der Waals surface area contributed by atoms with Crippen molar-refractivity contribution in [3.63, 3.8) is 0 Å². The van der Waals surface area contributed by atoms with E-state index in [0.29, 0.717) is 0 Å². The summed E-state index contributed by atoms with van der Waals surface area (Å²) in [6.07, 6.45) is 2.84. The SMILES string of the molecule is CC1CCN(C2CN(C3CN(C4CN(C)C4)C3)C2)CC1. The molecule has 0 amide bonds. The number of hydrogen-bond donors (Lipinski definition) is 0. The molecular formula is C16H30N4. The van der Waals surface area contributed by atoms with Crippen molar-refractivity contribution < 1.29 is 0 Å². The van der Waals surface area contributed by atoms with Crippen LogP contribution in [0, 0.1) is 5.92 Å². The van der Waals surface area contributed by atoms with Crippen molar-refractivity contribution in [2.75, 3.05) is 59.4 Å². The van der Waals surface area contributed by atoms with E-state index in [1.807, 2.05) is 0 Å². The summed E-state index contributed by atoms with van der Waals surface area (Å²) in [5.74, 6) is 0.961. The Morgan fingerprint density at radius 2 is 1.10 bits per heavy atom. The Bertz CT molecular complexity index is 334. The number of piperidine rings is 1. The first-order chi connectivity index (χ1) is 9.69. The lowest BCUT2D eigenvalue weighted by Gasteiger charge is -2.58. The molecule has 4 fully saturated rings. The van der Waals surface area contributed by atoms with Crippen LogP contribution in [0.5, 0.6) is 0 Å². The Morgan fingerprint density at radius 3 is 1.60 bits per heavy atom. The summed E-state index contributed by atoms with van der Waals surface area (Å²) in [6.45, 7) is 13.1. The molecule has 0 aromatic rings. The van der Waals surface area contributed by atoms with Crippen LogP contribution in [0.15, 0.2) is 0 Å². The van der Waals surface area contributed by atoms with Crippen molar-refractivity contribution in [3.05, 3.63) is 0 Å². The highest BCUT2D eigenvalue weighted by molar-refractivity contribution is 5.01. The van der Waals surface area contributed by atoms with Gasteiger partial charge in [0.15, 0.2) is 0 Å². The molecule has 4 aliphatic rings. The Morgan fingerprint density at radius 1 is 0.650 bits per heavy atom. The second-order valence-electron chi connectivity index (χ2n) is 7.81. The maximum absolute atomic E-state index is 2.76. The molecule has 20 heavy (non-hydrogen) atoms. The molecule has 0 aromatic carbocycles. The smallest absolute Gasteiger partial charge is 0.0352 e. The Kier molecular flexibility index (Phi) is 3.53. The van der Waals surface area contributed by atoms with Gasteiger partial charge in [0.25, 0.3) is 0 Å². The van der Waals surface area contributed by atoms with Gasteiger partial charge in [-0.3, -0.25) is 14.7 Å². The van der Waals surface area contributed by atoms with Gasteiger partial charge in [-0.2, -0.15) is 0 Å². The molecule has 0 unspecified atom stereocenters. The topological polar surface area (TPSA) is 13.0 Å². The lowest BCUT2D eigenvalue weighted by Crippen LogP contribution is -2.73. The van der Waals surface area contributed by atoms with Gasteiger partial charge in [0.1, 0.15) is 0 Å². The lowest BCUT2D eigenvalue weighted by molar-refractivity contribution is -0.0876. The van der Waals surface area contributed by atoms with Gasteiger partial charge in [-0.15, -0.1) is 0 Å². The first-order valence-electron chi connectivity index (χ1n) is 8.59. The van der Waals surface area contributed by atoms with Gasteiger partial charge < -0.3 is 4.90 Å². The summed E-state index contributed by atoms with van der Waals surface area (Å²) in [6, 6.07) is 2.63. The van der Waals surface area contributed by atoms with Gasteiger partial charge in [-0.05, 0) is 38.9 Å². The predicted octanol–water partition coefficient (Wildman–Crippen LogP) is 0.401. The zero-order valence-corrected chi connectivity index (χ0v) is 13.2. The molecule has 0 aliphatic carbocycles. The van der Waals surface area contributed by atoms with E-state index in [1.54, 1.807) is 0 Å². The summed E-state index contributed by atoms with van der Waals surface area (Å²) >= 11 is 0. The Balaban J connectivity index is 1.16. The number of likely N-dealkylation sites (N-methyl/N-ethyl adjacent to an activating group) is 1. The third-order valence-corrected chi connectivity index (χ3v) is 6.19. The van der Waals surface area contributed by atoms with Crippen molar-refractivity contribution >= 4 is 0 Å².